The van der Waals surface area contributed by atoms with Crippen LogP contribution in [0.25, 0.3) is 55.8 Å². The molecule has 0 aliphatic carbocycles. The Hall–Kier alpha value is -7.88. The molecular weight excluding hydrogens is 727 g/mol. The van der Waals surface area contributed by atoms with Gasteiger partial charge in [-0.2, -0.15) is 0 Å². The molecule has 0 fully saturated rings. The zero-order chi connectivity index (χ0) is 40.4. The zero-order valence-electron chi connectivity index (χ0n) is 33.5. The number of hydrogen-bond donors (Lipinski definition) is 0. The fraction of sp³-hybridized carbons (Fsp3) is 0.0175. The van der Waals surface area contributed by atoms with E-state index in [0.717, 1.165) is 62.0 Å². The summed E-state index contributed by atoms with van der Waals surface area (Å²) in [6.07, 6.45) is 1.89. The van der Waals surface area contributed by atoms with E-state index in [1.807, 2.05) is 6.08 Å². The number of anilines is 6. The van der Waals surface area contributed by atoms with Gasteiger partial charge < -0.3 is 14.4 Å². The highest BCUT2D eigenvalue weighted by atomic mass is 15.1. The van der Waals surface area contributed by atoms with Gasteiger partial charge in [0.2, 0.25) is 0 Å². The van der Waals surface area contributed by atoms with Gasteiger partial charge in [0, 0.05) is 50.6 Å². The zero-order valence-corrected chi connectivity index (χ0v) is 33.5. The Bertz CT molecular complexity index is 3020. The van der Waals surface area contributed by atoms with E-state index in [0.29, 0.717) is 0 Å². The first kappa shape index (κ1) is 36.5. The number of aromatic nitrogens is 1. The Balaban J connectivity index is 1.04. The maximum Gasteiger partial charge on any atom is 0.0542 e. The van der Waals surface area contributed by atoms with Crippen LogP contribution in [0.3, 0.4) is 0 Å². The van der Waals surface area contributed by atoms with Gasteiger partial charge in [-0.15, -0.1) is 0 Å². The molecule has 9 aromatic carbocycles. The predicted molar refractivity (Wildman–Crippen MR) is 256 cm³/mol. The number of fused-ring (bicyclic) bond motifs is 3. The first-order valence-electron chi connectivity index (χ1n) is 20.5. The van der Waals surface area contributed by atoms with Gasteiger partial charge in [-0.05, 0) is 132 Å². The maximum absolute atomic E-state index is 3.96. The molecule has 0 N–H and O–H groups in total. The van der Waals surface area contributed by atoms with Crippen LogP contribution in [0.15, 0.2) is 231 Å². The average Bonchev–Trinajstić information content (AvgIpc) is 3.65. The quantitative estimate of drug-likeness (QED) is 0.137. The van der Waals surface area contributed by atoms with Gasteiger partial charge in [0.05, 0.1) is 11.0 Å². The summed E-state index contributed by atoms with van der Waals surface area (Å²) < 4.78 is 2.36. The summed E-state index contributed by atoms with van der Waals surface area (Å²) in [5, 5.41) is 2.42. The lowest BCUT2D eigenvalue weighted by molar-refractivity contribution is 1.18. The molecule has 10 rings (SSSR count). The molecule has 0 unspecified atom stereocenters. The largest absolute Gasteiger partial charge is 0.311 e. The Morgan fingerprint density at radius 1 is 0.367 bits per heavy atom. The van der Waals surface area contributed by atoms with E-state index in [1.165, 1.54) is 33.0 Å². The number of aryl methyl sites for hydroxylation is 1. The molecule has 0 spiro atoms. The number of nitrogens with zero attached hydrogens (tertiary/aromatic N) is 3. The summed E-state index contributed by atoms with van der Waals surface area (Å²) in [6, 6.07) is 80.7. The molecule has 60 heavy (non-hydrogen) atoms. The molecule has 10 aromatic rings. The second-order valence-corrected chi connectivity index (χ2v) is 15.2. The monoisotopic (exact) mass is 769 g/mol. The van der Waals surface area contributed by atoms with Crippen molar-refractivity contribution in [1.29, 1.82) is 0 Å². The topological polar surface area (TPSA) is 11.4 Å². The van der Waals surface area contributed by atoms with Crippen molar-refractivity contribution in [3.05, 3.63) is 242 Å². The predicted octanol–water partition coefficient (Wildman–Crippen LogP) is 16.0. The van der Waals surface area contributed by atoms with Gasteiger partial charge in [-0.3, -0.25) is 0 Å². The molecule has 1 heterocycles. The van der Waals surface area contributed by atoms with Crippen LogP contribution in [0.1, 0.15) is 11.1 Å². The minimum Gasteiger partial charge on any atom is -0.311 e. The Morgan fingerprint density at radius 2 is 0.767 bits per heavy atom. The molecule has 286 valence electrons. The Morgan fingerprint density at radius 3 is 1.27 bits per heavy atom. The second-order valence-electron chi connectivity index (χ2n) is 15.2. The maximum atomic E-state index is 3.96. The number of rotatable bonds is 10. The smallest absolute Gasteiger partial charge is 0.0542 e. The van der Waals surface area contributed by atoms with Gasteiger partial charge in [0.25, 0.3) is 0 Å². The van der Waals surface area contributed by atoms with Gasteiger partial charge in [0.1, 0.15) is 0 Å². The standard InChI is InChI=1S/C57H43N3/c1-3-42-20-30-52(31-21-42)60-56-17-11-10-16-54(56)55-40-53(38-39-57(55)60)59(50-34-26-44(27-35-50)43-22-18-41(2)19-23-43)51-36-28-46(29-37-51)45-24-32-49(33-25-45)58(47-12-6-4-7-13-47)48-14-8-5-9-15-48/h3-40H,1H2,2H3. The summed E-state index contributed by atoms with van der Waals surface area (Å²) in [7, 11) is 0. The van der Waals surface area contributed by atoms with Crippen molar-refractivity contribution in [1.82, 2.24) is 4.57 Å². The van der Waals surface area contributed by atoms with E-state index in [4.69, 9.17) is 0 Å². The van der Waals surface area contributed by atoms with Crippen LogP contribution in [-0.4, -0.2) is 4.57 Å². The molecule has 1 aromatic heterocycles. The van der Waals surface area contributed by atoms with E-state index < -0.39 is 0 Å². The summed E-state index contributed by atoms with van der Waals surface area (Å²) >= 11 is 0. The average molecular weight is 770 g/mol. The molecule has 0 saturated carbocycles. The molecule has 0 amide bonds. The molecule has 3 nitrogen and oxygen atoms in total. The highest BCUT2D eigenvalue weighted by molar-refractivity contribution is 6.10. The fourth-order valence-corrected chi connectivity index (χ4v) is 8.34. The third-order valence-corrected chi connectivity index (χ3v) is 11.4. The molecule has 0 radical (unpaired) electrons. The summed E-state index contributed by atoms with van der Waals surface area (Å²) in [6.45, 7) is 6.09. The van der Waals surface area contributed by atoms with Crippen LogP contribution < -0.4 is 9.80 Å². The summed E-state index contributed by atoms with van der Waals surface area (Å²) in [5.41, 5.74) is 17.2. The molecule has 0 bridgehead atoms. The second kappa shape index (κ2) is 15.8. The molecule has 0 saturated heterocycles. The van der Waals surface area contributed by atoms with Crippen molar-refractivity contribution in [3.63, 3.8) is 0 Å². The van der Waals surface area contributed by atoms with Crippen molar-refractivity contribution >= 4 is 62.0 Å². The number of hydrogen-bond acceptors (Lipinski definition) is 2. The lowest BCUT2D eigenvalue weighted by atomic mass is 10.0. The summed E-state index contributed by atoms with van der Waals surface area (Å²) in [5.74, 6) is 0. The van der Waals surface area contributed by atoms with Crippen LogP contribution in [-0.2, 0) is 0 Å². The van der Waals surface area contributed by atoms with Crippen molar-refractivity contribution in [2.75, 3.05) is 9.80 Å². The van der Waals surface area contributed by atoms with Crippen LogP contribution >= 0.6 is 0 Å². The molecule has 0 aliphatic rings. The minimum atomic E-state index is 1.08. The molecular formula is C57H43N3. The van der Waals surface area contributed by atoms with Crippen molar-refractivity contribution in [3.8, 4) is 27.9 Å². The third-order valence-electron chi connectivity index (χ3n) is 11.4. The molecule has 0 aliphatic heterocycles. The van der Waals surface area contributed by atoms with E-state index in [1.54, 1.807) is 0 Å². The fourth-order valence-electron chi connectivity index (χ4n) is 8.34. The van der Waals surface area contributed by atoms with Crippen LogP contribution in [0.2, 0.25) is 0 Å². The molecule has 3 heteroatoms. The SMILES string of the molecule is C=Cc1ccc(-n2c3ccccc3c3cc(N(c4ccc(-c5ccc(C)cc5)cc4)c4ccc(-c5ccc(N(c6ccccc6)c6ccccc6)cc5)cc4)ccc32)cc1. The van der Waals surface area contributed by atoms with Crippen LogP contribution in [0, 0.1) is 6.92 Å². The van der Waals surface area contributed by atoms with Crippen molar-refractivity contribution < 1.29 is 0 Å². The van der Waals surface area contributed by atoms with Crippen molar-refractivity contribution in [2.24, 2.45) is 0 Å². The van der Waals surface area contributed by atoms with E-state index in [9.17, 15) is 0 Å². The Kier molecular flexibility index (Phi) is 9.61. The van der Waals surface area contributed by atoms with Gasteiger partial charge in [0.15, 0.2) is 0 Å². The molecule has 0 atom stereocenters. The highest BCUT2D eigenvalue weighted by Crippen LogP contribution is 2.41. The Labute approximate surface area is 352 Å². The first-order valence-corrected chi connectivity index (χ1v) is 20.5. The number of benzene rings is 9. The summed E-state index contributed by atoms with van der Waals surface area (Å²) in [4.78, 5) is 4.66. The highest BCUT2D eigenvalue weighted by Gasteiger charge is 2.18. The van der Waals surface area contributed by atoms with Crippen molar-refractivity contribution in [2.45, 2.75) is 6.92 Å². The van der Waals surface area contributed by atoms with E-state index in [2.05, 4.69) is 252 Å². The van der Waals surface area contributed by atoms with Gasteiger partial charge in [-0.25, -0.2) is 0 Å². The van der Waals surface area contributed by atoms with E-state index in [-0.39, 0.29) is 0 Å². The first-order chi connectivity index (χ1) is 29.6. The third kappa shape index (κ3) is 6.93. The lowest BCUT2D eigenvalue weighted by Gasteiger charge is -2.26. The van der Waals surface area contributed by atoms with Crippen LogP contribution in [0.5, 0.6) is 0 Å². The van der Waals surface area contributed by atoms with Crippen LogP contribution in [0.4, 0.5) is 34.1 Å². The van der Waals surface area contributed by atoms with Gasteiger partial charge in [-0.1, -0.05) is 146 Å². The number of para-hydroxylation sites is 3. The lowest BCUT2D eigenvalue weighted by Crippen LogP contribution is -2.10. The van der Waals surface area contributed by atoms with Gasteiger partial charge >= 0.3 is 0 Å². The minimum absolute atomic E-state index is 1.08. The normalized spacial score (nSPS) is 11.2. The van der Waals surface area contributed by atoms with E-state index >= 15 is 0 Å².